The highest BCUT2D eigenvalue weighted by atomic mass is 31.2. The zero-order valence-electron chi connectivity index (χ0n) is 29.8. The summed E-state index contributed by atoms with van der Waals surface area (Å²) in [6.07, 6.45) is 0. The summed E-state index contributed by atoms with van der Waals surface area (Å²) in [6.45, 7) is 0. The molecule has 0 radical (unpaired) electrons. The summed E-state index contributed by atoms with van der Waals surface area (Å²) in [6, 6.07) is 69.9. The molecule has 0 spiro atoms. The zero-order valence-corrected chi connectivity index (χ0v) is 30.7. The fraction of sp³-hybridized carbons (Fsp3) is 0. The van der Waals surface area contributed by atoms with Crippen LogP contribution >= 0.6 is 7.14 Å². The Morgan fingerprint density at radius 3 is 1.56 bits per heavy atom. The minimum atomic E-state index is -3.32. The van der Waals surface area contributed by atoms with Gasteiger partial charge < -0.3 is 4.57 Å². The molecule has 0 N–H and O–H groups in total. The second kappa shape index (κ2) is 12.4. The third kappa shape index (κ3) is 4.77. The van der Waals surface area contributed by atoms with E-state index in [1.165, 1.54) is 38.2 Å². The van der Waals surface area contributed by atoms with Crippen molar-refractivity contribution in [2.45, 2.75) is 0 Å². The molecule has 3 nitrogen and oxygen atoms in total. The lowest BCUT2D eigenvalue weighted by atomic mass is 9.85. The normalized spacial score (nSPS) is 14.7. The molecule has 0 bridgehead atoms. The number of para-hydroxylation sites is 1. The lowest BCUT2D eigenvalue weighted by Gasteiger charge is -2.29. The van der Waals surface area contributed by atoms with Crippen LogP contribution in [0.25, 0.3) is 83.0 Å². The Balaban J connectivity index is 1.15. The minimum absolute atomic E-state index is 0.819. The van der Waals surface area contributed by atoms with Crippen LogP contribution in [-0.4, -0.2) is 9.55 Å². The maximum Gasteiger partial charge on any atom is 0.175 e. The van der Waals surface area contributed by atoms with Crippen molar-refractivity contribution in [3.63, 3.8) is 0 Å². The number of nitrogens with zero attached hydrogens (tertiary/aromatic N) is 2. The van der Waals surface area contributed by atoms with Crippen LogP contribution in [0.4, 0.5) is 0 Å². The van der Waals surface area contributed by atoms with Crippen molar-refractivity contribution in [2.75, 3.05) is 0 Å². The number of hydrogen-bond acceptors (Lipinski definition) is 2. The number of aromatic nitrogens is 2. The molecule has 4 heteroatoms. The van der Waals surface area contributed by atoms with Crippen LogP contribution in [0.15, 0.2) is 200 Å². The van der Waals surface area contributed by atoms with E-state index in [4.69, 9.17) is 4.98 Å². The number of imidazole rings is 1. The molecule has 258 valence electrons. The van der Waals surface area contributed by atoms with Gasteiger partial charge in [-0.2, -0.15) is 0 Å². The average molecular weight is 721 g/mol. The van der Waals surface area contributed by atoms with Crippen LogP contribution in [0.5, 0.6) is 0 Å². The number of fused-ring (bicyclic) bond motifs is 4. The van der Waals surface area contributed by atoms with E-state index in [1.54, 1.807) is 0 Å². The van der Waals surface area contributed by atoms with Crippen LogP contribution < -0.4 is 15.9 Å². The van der Waals surface area contributed by atoms with Crippen LogP contribution in [0.2, 0.25) is 0 Å². The second-order valence-corrected chi connectivity index (χ2v) is 16.9. The van der Waals surface area contributed by atoms with Crippen molar-refractivity contribution in [3.8, 4) is 50.5 Å². The van der Waals surface area contributed by atoms with Crippen LogP contribution in [0.3, 0.4) is 0 Å². The Morgan fingerprint density at radius 2 is 0.909 bits per heavy atom. The molecule has 0 aliphatic carbocycles. The van der Waals surface area contributed by atoms with Gasteiger partial charge >= 0.3 is 0 Å². The first-order chi connectivity index (χ1) is 27.2. The van der Waals surface area contributed by atoms with Gasteiger partial charge in [-0.3, -0.25) is 4.57 Å². The largest absolute Gasteiger partial charge is 0.308 e. The van der Waals surface area contributed by atoms with Crippen LogP contribution in [0, 0.1) is 0 Å². The van der Waals surface area contributed by atoms with Gasteiger partial charge in [0, 0.05) is 21.5 Å². The van der Waals surface area contributed by atoms with Gasteiger partial charge in [0.2, 0.25) is 0 Å². The second-order valence-electron chi connectivity index (χ2n) is 14.2. The highest BCUT2D eigenvalue weighted by Crippen LogP contribution is 2.51. The zero-order chi connectivity index (χ0) is 36.5. The molecule has 0 fully saturated rings. The summed E-state index contributed by atoms with van der Waals surface area (Å²) in [5.41, 5.74) is 10.6. The van der Waals surface area contributed by atoms with Crippen molar-refractivity contribution in [1.29, 1.82) is 0 Å². The van der Waals surface area contributed by atoms with Gasteiger partial charge in [0.15, 0.2) is 7.14 Å². The molecule has 1 unspecified atom stereocenters. The molecular weight excluding hydrogens is 688 g/mol. The van der Waals surface area contributed by atoms with Gasteiger partial charge in [0.05, 0.1) is 16.7 Å². The Hall–Kier alpha value is -6.80. The number of benzene rings is 9. The lowest BCUT2D eigenvalue weighted by Crippen LogP contribution is -2.33. The van der Waals surface area contributed by atoms with E-state index in [0.29, 0.717) is 0 Å². The van der Waals surface area contributed by atoms with Crippen molar-refractivity contribution < 1.29 is 4.57 Å². The molecule has 55 heavy (non-hydrogen) atoms. The number of hydrogen-bond donors (Lipinski definition) is 0. The first-order valence-electron chi connectivity index (χ1n) is 18.7. The Morgan fingerprint density at radius 1 is 0.400 bits per heavy atom. The molecule has 2 heterocycles. The third-order valence-electron chi connectivity index (χ3n) is 11.2. The highest BCUT2D eigenvalue weighted by Gasteiger charge is 2.40. The Labute approximate surface area is 319 Å². The van der Waals surface area contributed by atoms with E-state index in [-0.39, 0.29) is 0 Å². The molecule has 0 saturated heterocycles. The van der Waals surface area contributed by atoms with Crippen molar-refractivity contribution in [3.05, 3.63) is 200 Å². The maximum atomic E-state index is 16.1. The molecule has 11 rings (SSSR count). The third-order valence-corrected chi connectivity index (χ3v) is 14.3. The topological polar surface area (TPSA) is 34.9 Å². The van der Waals surface area contributed by atoms with Gasteiger partial charge in [0.25, 0.3) is 0 Å². The van der Waals surface area contributed by atoms with Gasteiger partial charge in [-0.05, 0) is 85.3 Å². The van der Waals surface area contributed by atoms with Gasteiger partial charge in [0.1, 0.15) is 5.82 Å². The highest BCUT2D eigenvalue weighted by molar-refractivity contribution is 7.86. The maximum absolute atomic E-state index is 16.1. The first-order valence-corrected chi connectivity index (χ1v) is 20.4. The van der Waals surface area contributed by atoms with E-state index >= 15 is 4.57 Å². The molecule has 0 saturated carbocycles. The molecule has 1 aliphatic rings. The Bertz CT molecular complexity index is 3110. The summed E-state index contributed by atoms with van der Waals surface area (Å²) in [4.78, 5) is 5.16. The molecule has 10 aromatic rings. The minimum Gasteiger partial charge on any atom is -0.308 e. The molecule has 1 aromatic heterocycles. The molecule has 1 aliphatic heterocycles. The van der Waals surface area contributed by atoms with Gasteiger partial charge in [-0.1, -0.05) is 170 Å². The monoisotopic (exact) mass is 720 g/mol. The smallest absolute Gasteiger partial charge is 0.175 e. The van der Waals surface area contributed by atoms with E-state index in [9.17, 15) is 0 Å². The fourth-order valence-electron chi connectivity index (χ4n) is 8.78. The fourth-order valence-corrected chi connectivity index (χ4v) is 11.8. The van der Waals surface area contributed by atoms with Crippen molar-refractivity contribution in [2.24, 2.45) is 0 Å². The van der Waals surface area contributed by atoms with E-state index in [0.717, 1.165) is 60.7 Å². The average Bonchev–Trinajstić information content (AvgIpc) is 3.66. The molecule has 0 amide bonds. The predicted molar refractivity (Wildman–Crippen MR) is 231 cm³/mol. The van der Waals surface area contributed by atoms with E-state index in [2.05, 4.69) is 138 Å². The Kier molecular flexibility index (Phi) is 7.14. The van der Waals surface area contributed by atoms with E-state index < -0.39 is 7.14 Å². The van der Waals surface area contributed by atoms with Crippen LogP contribution in [-0.2, 0) is 4.57 Å². The summed E-state index contributed by atoms with van der Waals surface area (Å²) >= 11 is 0. The quantitative estimate of drug-likeness (QED) is 0.131. The van der Waals surface area contributed by atoms with Crippen LogP contribution in [0.1, 0.15) is 0 Å². The standard InChI is InChI=1S/C51H33N2OP/c54-55(39-22-8-3-9-23-39)46-29-15-28-44-50(46)53(51(52-44)35-18-6-2-7-19-35)45-31-30-37(33-47(45)55)36-20-14-21-38(32-36)49-42-26-12-10-24-40(42)48(34-16-4-1-5-17-34)41-25-11-13-27-43(41)49/h1-33H. The number of rotatable bonds is 5. The van der Waals surface area contributed by atoms with Gasteiger partial charge in [-0.25, -0.2) is 4.98 Å². The first kappa shape index (κ1) is 31.7. The molecule has 1 atom stereocenters. The summed E-state index contributed by atoms with van der Waals surface area (Å²) in [7, 11) is -3.32. The molecular formula is C51H33N2OP. The lowest BCUT2D eigenvalue weighted by molar-refractivity contribution is 0.592. The summed E-state index contributed by atoms with van der Waals surface area (Å²) in [5, 5.41) is 7.34. The van der Waals surface area contributed by atoms with E-state index in [1.807, 2.05) is 66.7 Å². The SMILES string of the molecule is O=P1(c2ccccc2)c2cc(-c3cccc(-c4c5ccccc5c(-c5ccccc5)c5ccccc45)c3)ccc2-n2c(-c3ccccc3)nc3cccc1c32. The van der Waals surface area contributed by atoms with Crippen molar-refractivity contribution >= 4 is 55.6 Å². The molecule has 9 aromatic carbocycles. The summed E-state index contributed by atoms with van der Waals surface area (Å²) in [5.74, 6) is 0.844. The predicted octanol–water partition coefficient (Wildman–Crippen LogP) is 12.0. The van der Waals surface area contributed by atoms with Gasteiger partial charge in [-0.15, -0.1) is 0 Å². The summed E-state index contributed by atoms with van der Waals surface area (Å²) < 4.78 is 18.3. The van der Waals surface area contributed by atoms with Crippen molar-refractivity contribution in [1.82, 2.24) is 9.55 Å².